The Balaban J connectivity index is 2.26. The minimum atomic E-state index is -0.00197. The fraction of sp³-hybridized carbons (Fsp3) is 0.545. The van der Waals surface area contributed by atoms with Gasteiger partial charge in [-0.25, -0.2) is 0 Å². The molecule has 0 radical (unpaired) electrons. The van der Waals surface area contributed by atoms with Crippen molar-refractivity contribution >= 4 is 5.91 Å². The van der Waals surface area contributed by atoms with E-state index in [2.05, 4.69) is 31.0 Å². The zero-order valence-corrected chi connectivity index (χ0v) is 8.12. The summed E-state index contributed by atoms with van der Waals surface area (Å²) in [6.45, 7) is 5.81. The Morgan fingerprint density at radius 3 is 2.92 bits per heavy atom. The molecule has 0 aromatic rings. The minimum absolute atomic E-state index is 0.00197. The summed E-state index contributed by atoms with van der Waals surface area (Å²) in [6.07, 6.45) is 9.47. The van der Waals surface area contributed by atoms with Gasteiger partial charge in [0, 0.05) is 0 Å². The lowest BCUT2D eigenvalue weighted by Crippen LogP contribution is -2.56. The number of hydrogen-bond acceptors (Lipinski definition) is 1. The van der Waals surface area contributed by atoms with Crippen molar-refractivity contribution in [2.24, 2.45) is 5.92 Å². The number of carbonyl (C=O) groups excluding carboxylic acids is 1. The summed E-state index contributed by atoms with van der Waals surface area (Å²) in [5, 5.41) is 2.82. The van der Waals surface area contributed by atoms with Gasteiger partial charge in [0.1, 0.15) is 0 Å². The number of nitrogens with one attached hydrogen (secondary N) is 1. The predicted octanol–water partition coefficient (Wildman–Crippen LogP) is 2.03. The molecule has 1 aliphatic heterocycles. The fourth-order valence-electron chi connectivity index (χ4n) is 1.40. The van der Waals surface area contributed by atoms with Gasteiger partial charge in [-0.3, -0.25) is 4.79 Å². The van der Waals surface area contributed by atoms with Gasteiger partial charge in [0.25, 0.3) is 0 Å². The van der Waals surface area contributed by atoms with E-state index in [9.17, 15) is 4.79 Å². The smallest absolute Gasteiger partial charge is 0.229 e. The quantitative estimate of drug-likeness (QED) is 0.390. The highest BCUT2D eigenvalue weighted by Crippen LogP contribution is 2.17. The number of unbranched alkanes of at least 4 members (excludes halogenated alkanes) is 2. The molecule has 13 heavy (non-hydrogen) atoms. The standard InChI is InChI=1S/C11H17NO/c1-3-5-6-7-8-10-9(4-2)11(13)12-10/h4,7-10H,2-3,5-6H2,1H3,(H,12,13)/b8-7+/t9-,10+/m1/s1. The molecule has 1 saturated heterocycles. The molecule has 1 fully saturated rings. The van der Waals surface area contributed by atoms with Crippen LogP contribution >= 0.6 is 0 Å². The van der Waals surface area contributed by atoms with E-state index in [0.29, 0.717) is 0 Å². The highest BCUT2D eigenvalue weighted by Gasteiger charge is 2.34. The van der Waals surface area contributed by atoms with Crippen LogP contribution < -0.4 is 5.32 Å². The van der Waals surface area contributed by atoms with E-state index >= 15 is 0 Å². The van der Waals surface area contributed by atoms with E-state index in [1.807, 2.05) is 0 Å². The van der Waals surface area contributed by atoms with Crippen LogP contribution in [0.3, 0.4) is 0 Å². The highest BCUT2D eigenvalue weighted by molar-refractivity contribution is 5.88. The molecule has 0 aromatic carbocycles. The van der Waals surface area contributed by atoms with Gasteiger partial charge in [0.05, 0.1) is 12.0 Å². The first kappa shape index (κ1) is 10.0. The second kappa shape index (κ2) is 4.85. The molecule has 0 bridgehead atoms. The zero-order valence-electron chi connectivity index (χ0n) is 8.12. The normalized spacial score (nSPS) is 27.0. The maximum atomic E-state index is 10.9. The molecule has 1 aliphatic rings. The molecule has 1 N–H and O–H groups in total. The molecule has 0 aliphatic carbocycles. The maximum absolute atomic E-state index is 10.9. The van der Waals surface area contributed by atoms with Crippen LogP contribution in [0, 0.1) is 5.92 Å². The first-order chi connectivity index (χ1) is 6.29. The summed E-state index contributed by atoms with van der Waals surface area (Å²) in [6, 6.07) is 0.196. The molecule has 2 nitrogen and oxygen atoms in total. The fourth-order valence-corrected chi connectivity index (χ4v) is 1.40. The third-order valence-electron chi connectivity index (χ3n) is 2.32. The Kier molecular flexibility index (Phi) is 3.74. The lowest BCUT2D eigenvalue weighted by molar-refractivity contribution is -0.131. The zero-order chi connectivity index (χ0) is 9.68. The summed E-state index contributed by atoms with van der Waals surface area (Å²) >= 11 is 0. The molecule has 0 aromatic heterocycles. The number of amides is 1. The van der Waals surface area contributed by atoms with E-state index < -0.39 is 0 Å². The van der Waals surface area contributed by atoms with E-state index in [4.69, 9.17) is 0 Å². The van der Waals surface area contributed by atoms with Crippen molar-refractivity contribution in [3.05, 3.63) is 24.8 Å². The monoisotopic (exact) mass is 179 g/mol. The Bertz CT molecular complexity index is 220. The second-order valence-corrected chi connectivity index (χ2v) is 3.37. The van der Waals surface area contributed by atoms with E-state index in [0.717, 1.165) is 6.42 Å². The second-order valence-electron chi connectivity index (χ2n) is 3.37. The molecular formula is C11H17NO. The van der Waals surface area contributed by atoms with E-state index in [-0.39, 0.29) is 17.9 Å². The molecule has 0 unspecified atom stereocenters. The van der Waals surface area contributed by atoms with Gasteiger partial charge in [-0.15, -0.1) is 6.58 Å². The SMILES string of the molecule is C=C[C@H]1C(=O)N[C@H]1/C=C/CCCC. The molecule has 0 spiro atoms. The average Bonchev–Trinajstić information content (AvgIpc) is 2.11. The van der Waals surface area contributed by atoms with Gasteiger partial charge in [0.15, 0.2) is 0 Å². The van der Waals surface area contributed by atoms with Crippen molar-refractivity contribution in [1.29, 1.82) is 0 Å². The first-order valence-corrected chi connectivity index (χ1v) is 4.89. The molecule has 72 valence electrons. The Labute approximate surface area is 79.7 Å². The third-order valence-corrected chi connectivity index (χ3v) is 2.32. The summed E-state index contributed by atoms with van der Waals surface area (Å²) in [5.41, 5.74) is 0. The molecule has 1 amide bonds. The minimum Gasteiger partial charge on any atom is -0.348 e. The van der Waals surface area contributed by atoms with Crippen LogP contribution in [-0.4, -0.2) is 11.9 Å². The van der Waals surface area contributed by atoms with Crippen LogP contribution in [0.15, 0.2) is 24.8 Å². The predicted molar refractivity (Wildman–Crippen MR) is 54.3 cm³/mol. The van der Waals surface area contributed by atoms with Gasteiger partial charge in [-0.1, -0.05) is 38.0 Å². The van der Waals surface area contributed by atoms with Crippen molar-refractivity contribution < 1.29 is 4.79 Å². The van der Waals surface area contributed by atoms with Crippen molar-refractivity contribution in [3.8, 4) is 0 Å². The molecule has 1 heterocycles. The van der Waals surface area contributed by atoms with Crippen molar-refractivity contribution in [2.45, 2.75) is 32.2 Å². The number of rotatable bonds is 5. The summed E-state index contributed by atoms with van der Waals surface area (Å²) in [7, 11) is 0. The lowest BCUT2D eigenvalue weighted by Gasteiger charge is -2.32. The van der Waals surface area contributed by atoms with Crippen molar-refractivity contribution in [3.63, 3.8) is 0 Å². The Morgan fingerprint density at radius 2 is 2.38 bits per heavy atom. The van der Waals surface area contributed by atoms with E-state index in [1.165, 1.54) is 12.8 Å². The van der Waals surface area contributed by atoms with Gasteiger partial charge in [0.2, 0.25) is 5.91 Å². The van der Waals surface area contributed by atoms with E-state index in [1.54, 1.807) is 6.08 Å². The summed E-state index contributed by atoms with van der Waals surface area (Å²) in [4.78, 5) is 10.9. The van der Waals surface area contributed by atoms with Gasteiger partial charge >= 0.3 is 0 Å². The average molecular weight is 179 g/mol. The van der Waals surface area contributed by atoms with Crippen LogP contribution in [0.1, 0.15) is 26.2 Å². The largest absolute Gasteiger partial charge is 0.348 e. The summed E-state index contributed by atoms with van der Waals surface area (Å²) < 4.78 is 0. The lowest BCUT2D eigenvalue weighted by atomic mass is 9.90. The first-order valence-electron chi connectivity index (χ1n) is 4.89. The Hall–Kier alpha value is -1.05. The highest BCUT2D eigenvalue weighted by atomic mass is 16.2. The molecule has 2 heteroatoms. The number of β-lactam (4-membered cyclic amide) rings is 1. The summed E-state index contributed by atoms with van der Waals surface area (Å²) in [5.74, 6) is 0.0954. The number of allylic oxidation sites excluding steroid dienone is 1. The van der Waals surface area contributed by atoms with Gasteiger partial charge in [-0.2, -0.15) is 0 Å². The van der Waals surface area contributed by atoms with Crippen molar-refractivity contribution in [2.75, 3.05) is 0 Å². The van der Waals surface area contributed by atoms with Crippen LogP contribution in [-0.2, 0) is 4.79 Å². The molecule has 2 atom stereocenters. The van der Waals surface area contributed by atoms with Crippen molar-refractivity contribution in [1.82, 2.24) is 5.32 Å². The molecular weight excluding hydrogens is 162 g/mol. The molecule has 0 saturated carbocycles. The molecule has 1 rings (SSSR count). The number of carbonyl (C=O) groups is 1. The Morgan fingerprint density at radius 1 is 1.62 bits per heavy atom. The van der Waals surface area contributed by atoms with Crippen LogP contribution in [0.2, 0.25) is 0 Å². The number of hydrogen-bond donors (Lipinski definition) is 1. The third kappa shape index (κ3) is 2.44. The maximum Gasteiger partial charge on any atom is 0.229 e. The van der Waals surface area contributed by atoms with Crippen LogP contribution in [0.5, 0.6) is 0 Å². The topological polar surface area (TPSA) is 29.1 Å². The van der Waals surface area contributed by atoms with Gasteiger partial charge in [-0.05, 0) is 6.42 Å². The van der Waals surface area contributed by atoms with Crippen LogP contribution in [0.25, 0.3) is 0 Å². The van der Waals surface area contributed by atoms with Crippen LogP contribution in [0.4, 0.5) is 0 Å². The van der Waals surface area contributed by atoms with Gasteiger partial charge < -0.3 is 5.32 Å².